The first kappa shape index (κ1) is 9.68. The van der Waals surface area contributed by atoms with E-state index in [0.29, 0.717) is 11.3 Å². The molecular weight excluding hydrogens is 188 g/mol. The molecule has 0 aromatic heterocycles. The predicted molar refractivity (Wildman–Crippen MR) is 57.2 cm³/mol. The van der Waals surface area contributed by atoms with Crippen LogP contribution in [0.15, 0.2) is 0 Å². The van der Waals surface area contributed by atoms with Gasteiger partial charge in [0.25, 0.3) is 0 Å². The van der Waals surface area contributed by atoms with E-state index in [1.807, 2.05) is 0 Å². The maximum Gasteiger partial charge on any atom is 0.309 e. The molecule has 15 heavy (non-hydrogen) atoms. The van der Waals surface area contributed by atoms with Gasteiger partial charge in [-0.2, -0.15) is 0 Å². The zero-order chi connectivity index (χ0) is 10.6. The van der Waals surface area contributed by atoms with Crippen LogP contribution < -0.4 is 0 Å². The molecule has 4 bridgehead atoms. The second-order valence-electron chi connectivity index (χ2n) is 5.97. The van der Waals surface area contributed by atoms with Crippen molar-refractivity contribution in [1.82, 2.24) is 0 Å². The summed E-state index contributed by atoms with van der Waals surface area (Å²) in [6.07, 6.45) is 6.23. The maximum atomic E-state index is 11.7. The van der Waals surface area contributed by atoms with Gasteiger partial charge in [-0.1, -0.05) is 20.3 Å². The van der Waals surface area contributed by atoms with Crippen LogP contribution in [0.4, 0.5) is 0 Å². The molecule has 2 nitrogen and oxygen atoms in total. The minimum atomic E-state index is 0.104. The average Bonchev–Trinajstić information content (AvgIpc) is 2.40. The third kappa shape index (κ3) is 1.20. The van der Waals surface area contributed by atoms with Crippen LogP contribution in [0.1, 0.15) is 46.0 Å². The van der Waals surface area contributed by atoms with Gasteiger partial charge < -0.3 is 4.74 Å². The van der Waals surface area contributed by atoms with Crippen molar-refractivity contribution >= 4 is 5.97 Å². The minimum Gasteiger partial charge on any atom is -0.462 e. The van der Waals surface area contributed by atoms with Crippen LogP contribution in [-0.4, -0.2) is 12.1 Å². The van der Waals surface area contributed by atoms with Gasteiger partial charge in [0.2, 0.25) is 0 Å². The molecule has 1 saturated heterocycles. The van der Waals surface area contributed by atoms with Gasteiger partial charge in [-0.15, -0.1) is 0 Å². The van der Waals surface area contributed by atoms with Gasteiger partial charge in [0.05, 0.1) is 5.92 Å². The van der Waals surface area contributed by atoms with Crippen LogP contribution in [0.3, 0.4) is 0 Å². The molecule has 0 radical (unpaired) electrons. The highest BCUT2D eigenvalue weighted by Crippen LogP contribution is 2.56. The van der Waals surface area contributed by atoms with Crippen molar-refractivity contribution in [2.75, 3.05) is 0 Å². The second-order valence-corrected chi connectivity index (χ2v) is 5.97. The van der Waals surface area contributed by atoms with Crippen molar-refractivity contribution < 1.29 is 9.53 Å². The topological polar surface area (TPSA) is 26.3 Å². The Hall–Kier alpha value is -0.530. The third-order valence-electron chi connectivity index (χ3n) is 5.41. The van der Waals surface area contributed by atoms with Gasteiger partial charge in [0.1, 0.15) is 6.10 Å². The van der Waals surface area contributed by atoms with E-state index in [4.69, 9.17) is 4.74 Å². The van der Waals surface area contributed by atoms with Gasteiger partial charge in [-0.25, -0.2) is 0 Å². The Labute approximate surface area is 91.4 Å². The van der Waals surface area contributed by atoms with Gasteiger partial charge in [0.15, 0.2) is 0 Å². The molecule has 0 spiro atoms. The molecule has 5 unspecified atom stereocenters. The predicted octanol–water partition coefficient (Wildman–Crippen LogP) is 2.76. The fourth-order valence-corrected chi connectivity index (χ4v) is 4.12. The molecule has 0 N–H and O–H groups in total. The molecule has 4 aliphatic rings. The zero-order valence-corrected chi connectivity index (χ0v) is 9.66. The highest BCUT2D eigenvalue weighted by atomic mass is 16.6. The molecule has 1 heterocycles. The van der Waals surface area contributed by atoms with E-state index in [1.54, 1.807) is 0 Å². The lowest BCUT2D eigenvalue weighted by Gasteiger charge is -2.38. The first-order chi connectivity index (χ1) is 7.14. The van der Waals surface area contributed by atoms with E-state index in [1.165, 1.54) is 19.3 Å². The quantitative estimate of drug-likeness (QED) is 0.619. The van der Waals surface area contributed by atoms with Gasteiger partial charge in [-0.3, -0.25) is 4.79 Å². The summed E-state index contributed by atoms with van der Waals surface area (Å²) in [5.41, 5.74) is 0.425. The number of carbonyl (C=O) groups is 1. The van der Waals surface area contributed by atoms with Crippen LogP contribution in [0, 0.1) is 23.2 Å². The smallest absolute Gasteiger partial charge is 0.309 e. The van der Waals surface area contributed by atoms with Crippen LogP contribution >= 0.6 is 0 Å². The SMILES string of the molecule is CCC1(C)CC2OC(=O)C3CC1CCC23. The summed E-state index contributed by atoms with van der Waals surface area (Å²) in [7, 11) is 0. The first-order valence-corrected chi connectivity index (χ1v) is 6.34. The zero-order valence-electron chi connectivity index (χ0n) is 9.66. The number of fused-ring (bicyclic) bond motifs is 2. The van der Waals surface area contributed by atoms with Crippen molar-refractivity contribution in [2.45, 2.75) is 52.1 Å². The average molecular weight is 208 g/mol. The van der Waals surface area contributed by atoms with Crippen molar-refractivity contribution in [3.05, 3.63) is 0 Å². The molecule has 5 atom stereocenters. The number of ether oxygens (including phenoxy) is 1. The standard InChI is InChI=1S/C13H20O2/c1-3-13(2)7-11-9-5-4-8(13)6-10(9)12(14)15-11/h8-11H,3-7H2,1-2H3. The van der Waals surface area contributed by atoms with Gasteiger partial charge in [-0.05, 0) is 37.0 Å². The fourth-order valence-electron chi connectivity index (χ4n) is 4.12. The van der Waals surface area contributed by atoms with Crippen molar-refractivity contribution in [3.63, 3.8) is 0 Å². The van der Waals surface area contributed by atoms with Crippen LogP contribution in [-0.2, 0) is 9.53 Å². The van der Waals surface area contributed by atoms with Gasteiger partial charge in [0, 0.05) is 5.92 Å². The molecular formula is C13H20O2. The Morgan fingerprint density at radius 1 is 1.47 bits per heavy atom. The Balaban J connectivity index is 1.97. The highest BCUT2D eigenvalue weighted by Gasteiger charge is 2.55. The molecule has 0 amide bonds. The van der Waals surface area contributed by atoms with E-state index in [-0.39, 0.29) is 18.0 Å². The monoisotopic (exact) mass is 208 g/mol. The summed E-state index contributed by atoms with van der Waals surface area (Å²) in [5.74, 6) is 1.68. The Kier molecular flexibility index (Phi) is 1.93. The first-order valence-electron chi connectivity index (χ1n) is 6.34. The summed E-state index contributed by atoms with van der Waals surface area (Å²) in [4.78, 5) is 11.7. The van der Waals surface area contributed by atoms with Gasteiger partial charge >= 0.3 is 5.97 Å². The molecule has 0 aromatic rings. The molecule has 4 rings (SSSR count). The highest BCUT2D eigenvalue weighted by molar-refractivity contribution is 5.75. The van der Waals surface area contributed by atoms with E-state index >= 15 is 0 Å². The summed E-state index contributed by atoms with van der Waals surface area (Å²) in [6, 6.07) is 0. The number of esters is 1. The number of rotatable bonds is 1. The molecule has 2 heteroatoms. The van der Waals surface area contributed by atoms with Crippen LogP contribution in [0.2, 0.25) is 0 Å². The molecule has 1 aliphatic heterocycles. The molecule has 3 saturated carbocycles. The van der Waals surface area contributed by atoms with E-state index < -0.39 is 0 Å². The molecule has 3 aliphatic carbocycles. The lowest BCUT2D eigenvalue weighted by atomic mass is 9.67. The van der Waals surface area contributed by atoms with E-state index in [2.05, 4.69) is 13.8 Å². The summed E-state index contributed by atoms with van der Waals surface area (Å²) in [6.45, 7) is 4.68. The molecule has 0 aromatic carbocycles. The largest absolute Gasteiger partial charge is 0.462 e. The van der Waals surface area contributed by atoms with Crippen molar-refractivity contribution in [1.29, 1.82) is 0 Å². The van der Waals surface area contributed by atoms with Crippen LogP contribution in [0.25, 0.3) is 0 Å². The summed E-state index contributed by atoms with van der Waals surface area (Å²) in [5, 5.41) is 0. The Morgan fingerprint density at radius 3 is 3.00 bits per heavy atom. The normalized spacial score (nSPS) is 52.8. The second kappa shape index (κ2) is 2.99. The third-order valence-corrected chi connectivity index (χ3v) is 5.41. The summed E-state index contributed by atoms with van der Waals surface area (Å²) >= 11 is 0. The van der Waals surface area contributed by atoms with Crippen LogP contribution in [0.5, 0.6) is 0 Å². The fraction of sp³-hybridized carbons (Fsp3) is 0.923. The lowest BCUT2D eigenvalue weighted by Crippen LogP contribution is -2.32. The van der Waals surface area contributed by atoms with Crippen molar-refractivity contribution in [3.8, 4) is 0 Å². The number of carbonyl (C=O) groups excluding carboxylic acids is 1. The lowest BCUT2D eigenvalue weighted by molar-refractivity contribution is -0.148. The maximum absolute atomic E-state index is 11.7. The molecule has 4 fully saturated rings. The Morgan fingerprint density at radius 2 is 2.27 bits per heavy atom. The molecule has 84 valence electrons. The number of hydrogen-bond acceptors (Lipinski definition) is 2. The van der Waals surface area contributed by atoms with E-state index in [9.17, 15) is 4.79 Å². The minimum absolute atomic E-state index is 0.104. The van der Waals surface area contributed by atoms with E-state index in [0.717, 1.165) is 18.8 Å². The number of hydrogen-bond donors (Lipinski definition) is 0. The summed E-state index contributed by atoms with van der Waals surface area (Å²) < 4.78 is 5.55. The Bertz CT molecular complexity index is 299. The van der Waals surface area contributed by atoms with Crippen molar-refractivity contribution in [2.24, 2.45) is 23.2 Å².